The Morgan fingerprint density at radius 3 is 2.88 bits per heavy atom. The van der Waals surface area contributed by atoms with Crippen molar-refractivity contribution in [3.8, 4) is 5.75 Å². The molecule has 1 saturated heterocycles. The number of nitrogens with two attached hydrogens (primary N) is 1. The van der Waals surface area contributed by atoms with E-state index in [0.29, 0.717) is 6.04 Å². The fourth-order valence-corrected chi connectivity index (χ4v) is 2.34. The molecule has 0 saturated carbocycles. The third-order valence-electron chi connectivity index (χ3n) is 3.28. The van der Waals surface area contributed by atoms with Crippen LogP contribution in [0.2, 0.25) is 0 Å². The number of nitrogens with one attached hydrogen (secondary N) is 1. The SMILES string of the molecule is COc1ccccc1C(N)C1CCCCN1. The fraction of sp³-hybridized carbons (Fsp3) is 0.538. The van der Waals surface area contributed by atoms with Gasteiger partial charge in [0.05, 0.1) is 7.11 Å². The molecule has 0 bridgehead atoms. The van der Waals surface area contributed by atoms with Gasteiger partial charge in [-0.25, -0.2) is 0 Å². The van der Waals surface area contributed by atoms with Gasteiger partial charge >= 0.3 is 0 Å². The lowest BCUT2D eigenvalue weighted by atomic mass is 9.93. The van der Waals surface area contributed by atoms with Gasteiger partial charge in [-0.3, -0.25) is 0 Å². The molecule has 1 heterocycles. The van der Waals surface area contributed by atoms with Crippen LogP contribution in [-0.4, -0.2) is 19.7 Å². The molecule has 16 heavy (non-hydrogen) atoms. The summed E-state index contributed by atoms with van der Waals surface area (Å²) in [5.41, 5.74) is 7.40. The molecular weight excluding hydrogens is 200 g/mol. The van der Waals surface area contributed by atoms with E-state index in [2.05, 4.69) is 11.4 Å². The molecule has 3 nitrogen and oxygen atoms in total. The summed E-state index contributed by atoms with van der Waals surface area (Å²) < 4.78 is 5.35. The summed E-state index contributed by atoms with van der Waals surface area (Å²) in [5.74, 6) is 0.891. The zero-order valence-corrected chi connectivity index (χ0v) is 9.78. The molecule has 2 unspecified atom stereocenters. The van der Waals surface area contributed by atoms with Crippen molar-refractivity contribution in [3.63, 3.8) is 0 Å². The number of ether oxygens (including phenoxy) is 1. The van der Waals surface area contributed by atoms with E-state index in [1.807, 2.05) is 18.2 Å². The maximum absolute atomic E-state index is 6.30. The predicted octanol–water partition coefficient (Wildman–Crippen LogP) is 1.84. The highest BCUT2D eigenvalue weighted by Crippen LogP contribution is 2.27. The smallest absolute Gasteiger partial charge is 0.123 e. The van der Waals surface area contributed by atoms with Gasteiger partial charge < -0.3 is 15.8 Å². The van der Waals surface area contributed by atoms with Crippen LogP contribution in [0.5, 0.6) is 5.75 Å². The van der Waals surface area contributed by atoms with Crippen molar-refractivity contribution >= 4 is 0 Å². The molecule has 1 aliphatic rings. The van der Waals surface area contributed by atoms with Crippen LogP contribution >= 0.6 is 0 Å². The number of benzene rings is 1. The second-order valence-electron chi connectivity index (χ2n) is 4.32. The second-order valence-corrected chi connectivity index (χ2v) is 4.32. The van der Waals surface area contributed by atoms with E-state index in [-0.39, 0.29) is 6.04 Å². The van der Waals surface area contributed by atoms with Crippen LogP contribution < -0.4 is 15.8 Å². The Morgan fingerprint density at radius 2 is 2.19 bits per heavy atom. The van der Waals surface area contributed by atoms with Crippen molar-refractivity contribution in [1.82, 2.24) is 5.32 Å². The number of rotatable bonds is 3. The Kier molecular flexibility index (Phi) is 3.80. The van der Waals surface area contributed by atoms with E-state index in [0.717, 1.165) is 24.3 Å². The van der Waals surface area contributed by atoms with Crippen molar-refractivity contribution in [2.75, 3.05) is 13.7 Å². The summed E-state index contributed by atoms with van der Waals surface area (Å²) in [6, 6.07) is 8.42. The molecule has 0 aromatic heterocycles. The maximum Gasteiger partial charge on any atom is 0.123 e. The van der Waals surface area contributed by atoms with E-state index in [9.17, 15) is 0 Å². The van der Waals surface area contributed by atoms with Gasteiger partial charge in [0.25, 0.3) is 0 Å². The average molecular weight is 220 g/mol. The van der Waals surface area contributed by atoms with Crippen LogP contribution in [0.4, 0.5) is 0 Å². The first kappa shape index (κ1) is 11.4. The zero-order chi connectivity index (χ0) is 11.4. The third-order valence-corrected chi connectivity index (χ3v) is 3.28. The first-order valence-corrected chi connectivity index (χ1v) is 5.95. The number of hydrogen-bond donors (Lipinski definition) is 2. The quantitative estimate of drug-likeness (QED) is 0.817. The van der Waals surface area contributed by atoms with Gasteiger partial charge in [0, 0.05) is 17.6 Å². The standard InChI is InChI=1S/C13H20N2O/c1-16-12-8-3-2-6-10(12)13(14)11-7-4-5-9-15-11/h2-3,6,8,11,13,15H,4-5,7,9,14H2,1H3. The molecule has 0 aliphatic carbocycles. The molecule has 3 heteroatoms. The monoisotopic (exact) mass is 220 g/mol. The van der Waals surface area contributed by atoms with Gasteiger partial charge in [0.15, 0.2) is 0 Å². The summed E-state index contributed by atoms with van der Waals surface area (Å²) in [4.78, 5) is 0. The van der Waals surface area contributed by atoms with Crippen LogP contribution in [0.15, 0.2) is 24.3 Å². The van der Waals surface area contributed by atoms with E-state index < -0.39 is 0 Å². The molecule has 2 rings (SSSR count). The number of para-hydroxylation sites is 1. The van der Waals surface area contributed by atoms with Gasteiger partial charge in [-0.05, 0) is 25.5 Å². The topological polar surface area (TPSA) is 47.3 Å². The van der Waals surface area contributed by atoms with E-state index in [1.165, 1.54) is 12.8 Å². The summed E-state index contributed by atoms with van der Waals surface area (Å²) in [6.07, 6.45) is 3.68. The molecule has 0 radical (unpaired) electrons. The molecule has 3 N–H and O–H groups in total. The zero-order valence-electron chi connectivity index (χ0n) is 9.78. The summed E-state index contributed by atoms with van der Waals surface area (Å²) in [6.45, 7) is 1.08. The van der Waals surface area contributed by atoms with Crippen molar-refractivity contribution in [1.29, 1.82) is 0 Å². The summed E-state index contributed by atoms with van der Waals surface area (Å²) in [7, 11) is 1.69. The first-order valence-electron chi connectivity index (χ1n) is 5.95. The lowest BCUT2D eigenvalue weighted by Crippen LogP contribution is -2.42. The minimum absolute atomic E-state index is 0.0245. The Balaban J connectivity index is 2.15. The average Bonchev–Trinajstić information content (AvgIpc) is 2.39. The summed E-state index contributed by atoms with van der Waals surface area (Å²) in [5, 5.41) is 3.49. The van der Waals surface area contributed by atoms with Crippen LogP contribution in [-0.2, 0) is 0 Å². The van der Waals surface area contributed by atoms with E-state index >= 15 is 0 Å². The molecule has 1 aromatic rings. The number of hydrogen-bond acceptors (Lipinski definition) is 3. The largest absolute Gasteiger partial charge is 0.496 e. The highest BCUT2D eigenvalue weighted by Gasteiger charge is 2.23. The van der Waals surface area contributed by atoms with Crippen molar-refractivity contribution in [3.05, 3.63) is 29.8 Å². The molecule has 1 aromatic carbocycles. The highest BCUT2D eigenvalue weighted by atomic mass is 16.5. The van der Waals surface area contributed by atoms with Gasteiger partial charge in [-0.2, -0.15) is 0 Å². The Hall–Kier alpha value is -1.06. The number of methoxy groups -OCH3 is 1. The van der Waals surface area contributed by atoms with Gasteiger partial charge in [0.1, 0.15) is 5.75 Å². The summed E-state index contributed by atoms with van der Waals surface area (Å²) >= 11 is 0. The highest BCUT2D eigenvalue weighted by molar-refractivity contribution is 5.36. The minimum Gasteiger partial charge on any atom is -0.496 e. The van der Waals surface area contributed by atoms with Crippen LogP contribution in [0, 0.1) is 0 Å². The Bertz CT molecular complexity index is 334. The molecular formula is C13H20N2O. The molecule has 88 valence electrons. The van der Waals surface area contributed by atoms with Gasteiger partial charge in [-0.1, -0.05) is 24.6 Å². The van der Waals surface area contributed by atoms with Crippen molar-refractivity contribution < 1.29 is 4.74 Å². The molecule has 1 fully saturated rings. The van der Waals surface area contributed by atoms with Crippen molar-refractivity contribution in [2.45, 2.75) is 31.3 Å². The second kappa shape index (κ2) is 5.32. The normalized spacial score (nSPS) is 22.8. The van der Waals surface area contributed by atoms with E-state index in [1.54, 1.807) is 7.11 Å². The lowest BCUT2D eigenvalue weighted by Gasteiger charge is -2.29. The molecule has 0 amide bonds. The van der Waals surface area contributed by atoms with Crippen molar-refractivity contribution in [2.24, 2.45) is 5.73 Å². The van der Waals surface area contributed by atoms with Gasteiger partial charge in [0.2, 0.25) is 0 Å². The Morgan fingerprint density at radius 1 is 1.38 bits per heavy atom. The predicted molar refractivity (Wildman–Crippen MR) is 65.6 cm³/mol. The van der Waals surface area contributed by atoms with E-state index in [4.69, 9.17) is 10.5 Å². The Labute approximate surface area is 97.0 Å². The molecule has 2 atom stereocenters. The van der Waals surface area contributed by atoms with Crippen LogP contribution in [0.25, 0.3) is 0 Å². The van der Waals surface area contributed by atoms with Crippen LogP contribution in [0.1, 0.15) is 30.9 Å². The lowest BCUT2D eigenvalue weighted by molar-refractivity contribution is 0.342. The van der Waals surface area contributed by atoms with Crippen LogP contribution in [0.3, 0.4) is 0 Å². The minimum atomic E-state index is 0.0245. The molecule has 1 aliphatic heterocycles. The number of piperidine rings is 1. The fourth-order valence-electron chi connectivity index (χ4n) is 2.34. The third kappa shape index (κ3) is 2.36. The van der Waals surface area contributed by atoms with Gasteiger partial charge in [-0.15, -0.1) is 0 Å². The first-order chi connectivity index (χ1) is 7.83. The maximum atomic E-state index is 6.30. The molecule has 0 spiro atoms.